The van der Waals surface area contributed by atoms with E-state index in [2.05, 4.69) is 10.5 Å². The summed E-state index contributed by atoms with van der Waals surface area (Å²) >= 11 is 6.08. The van der Waals surface area contributed by atoms with Gasteiger partial charge in [0.05, 0.1) is 17.2 Å². The summed E-state index contributed by atoms with van der Waals surface area (Å²) in [4.78, 5) is 25.2. The van der Waals surface area contributed by atoms with Crippen LogP contribution in [-0.2, 0) is 11.3 Å². The van der Waals surface area contributed by atoms with Gasteiger partial charge >= 0.3 is 0 Å². The maximum absolute atomic E-state index is 12.7. The van der Waals surface area contributed by atoms with Gasteiger partial charge in [0.25, 0.3) is 5.91 Å². The molecule has 1 amide bonds. The first-order valence-corrected chi connectivity index (χ1v) is 9.09. The highest BCUT2D eigenvalue weighted by Gasteiger charge is 2.12. The summed E-state index contributed by atoms with van der Waals surface area (Å²) in [6, 6.07) is 21.8. The first-order chi connectivity index (χ1) is 13.6. The van der Waals surface area contributed by atoms with E-state index in [1.165, 1.54) is 6.21 Å². The Labute approximate surface area is 165 Å². The minimum Gasteiger partial charge on any atom is -0.331 e. The van der Waals surface area contributed by atoms with Crippen LogP contribution in [-0.4, -0.2) is 16.7 Å². The highest BCUT2D eigenvalue weighted by molar-refractivity contribution is 6.33. The van der Waals surface area contributed by atoms with Gasteiger partial charge in [0, 0.05) is 21.4 Å². The predicted octanol–water partition coefficient (Wildman–Crippen LogP) is 3.96. The molecule has 0 aliphatic rings. The normalized spacial score (nSPS) is 11.3. The molecule has 0 saturated carbocycles. The Morgan fingerprint density at radius 2 is 1.50 bits per heavy atom. The van der Waals surface area contributed by atoms with E-state index in [4.69, 9.17) is 11.6 Å². The number of benzene rings is 3. The third kappa shape index (κ3) is 3.40. The molecule has 0 atom stereocenters. The number of aromatic nitrogens is 1. The van der Waals surface area contributed by atoms with E-state index in [1.54, 1.807) is 24.3 Å². The van der Waals surface area contributed by atoms with Crippen LogP contribution in [0.15, 0.2) is 82.7 Å². The zero-order valence-corrected chi connectivity index (χ0v) is 15.6. The molecule has 0 radical (unpaired) electrons. The Kier molecular flexibility index (Phi) is 4.91. The lowest BCUT2D eigenvalue weighted by atomic mass is 10.1. The quantitative estimate of drug-likeness (QED) is 0.326. The lowest BCUT2D eigenvalue weighted by Gasteiger charge is -2.14. The molecule has 3 aromatic carbocycles. The Bertz CT molecular complexity index is 1220. The maximum atomic E-state index is 12.7. The van der Waals surface area contributed by atoms with E-state index >= 15 is 0 Å². The van der Waals surface area contributed by atoms with Crippen molar-refractivity contribution in [1.82, 2.24) is 9.99 Å². The Morgan fingerprint density at radius 1 is 0.929 bits per heavy atom. The van der Waals surface area contributed by atoms with Crippen molar-refractivity contribution >= 4 is 45.5 Å². The highest BCUT2D eigenvalue weighted by atomic mass is 35.5. The molecule has 28 heavy (non-hydrogen) atoms. The highest BCUT2D eigenvalue weighted by Crippen LogP contribution is 2.19. The van der Waals surface area contributed by atoms with Crippen molar-refractivity contribution in [3.63, 3.8) is 0 Å². The third-order valence-corrected chi connectivity index (χ3v) is 4.82. The summed E-state index contributed by atoms with van der Waals surface area (Å²) in [5.41, 5.74) is 4.60. The molecule has 0 unspecified atom stereocenters. The standard InChI is InChI=1S/C22H16ClN3O2/c23-18-10-4-1-7-15(18)13-24-25-21(27)14-26-19-11-5-2-8-16(19)22(28)17-9-3-6-12-20(17)26/h1-13H,14H2,(H,25,27)/b24-13+. The van der Waals surface area contributed by atoms with Gasteiger partial charge in [0.15, 0.2) is 5.43 Å². The fourth-order valence-electron chi connectivity index (χ4n) is 3.18. The maximum Gasteiger partial charge on any atom is 0.260 e. The molecular weight excluding hydrogens is 374 g/mol. The summed E-state index contributed by atoms with van der Waals surface area (Å²) in [6.45, 7) is 0.0289. The summed E-state index contributed by atoms with van der Waals surface area (Å²) in [5.74, 6) is -0.303. The number of para-hydroxylation sites is 2. The average Bonchev–Trinajstić information content (AvgIpc) is 2.72. The number of hydrogen-bond acceptors (Lipinski definition) is 3. The molecule has 6 heteroatoms. The molecule has 4 aromatic rings. The van der Waals surface area contributed by atoms with Gasteiger partial charge in [-0.1, -0.05) is 54.1 Å². The SMILES string of the molecule is O=C(Cn1c2ccccc2c(=O)c2ccccc21)N/N=C/c1ccccc1Cl. The molecule has 4 rings (SSSR count). The van der Waals surface area contributed by atoms with Crippen LogP contribution in [0.5, 0.6) is 0 Å². The van der Waals surface area contributed by atoms with Crippen molar-refractivity contribution in [2.24, 2.45) is 5.10 Å². The van der Waals surface area contributed by atoms with Gasteiger partial charge in [0.1, 0.15) is 6.54 Å². The molecule has 138 valence electrons. The monoisotopic (exact) mass is 389 g/mol. The number of fused-ring (bicyclic) bond motifs is 2. The largest absolute Gasteiger partial charge is 0.331 e. The van der Waals surface area contributed by atoms with Crippen molar-refractivity contribution in [2.75, 3.05) is 0 Å². The first kappa shape index (κ1) is 17.9. The Balaban J connectivity index is 1.67. The van der Waals surface area contributed by atoms with Crippen LogP contribution in [0, 0.1) is 0 Å². The van der Waals surface area contributed by atoms with Gasteiger partial charge in [-0.3, -0.25) is 9.59 Å². The fraction of sp³-hybridized carbons (Fsp3) is 0.0455. The molecule has 1 N–H and O–H groups in total. The number of hydrazone groups is 1. The molecule has 1 heterocycles. The van der Waals surface area contributed by atoms with Crippen LogP contribution in [0.2, 0.25) is 5.02 Å². The number of nitrogens with zero attached hydrogens (tertiary/aromatic N) is 2. The molecule has 0 aliphatic carbocycles. The number of carbonyl (C=O) groups is 1. The van der Waals surface area contributed by atoms with Crippen molar-refractivity contribution in [1.29, 1.82) is 0 Å². The lowest BCUT2D eigenvalue weighted by Crippen LogP contribution is -2.25. The number of amides is 1. The first-order valence-electron chi connectivity index (χ1n) is 8.72. The van der Waals surface area contributed by atoms with Gasteiger partial charge in [-0.15, -0.1) is 0 Å². The summed E-state index contributed by atoms with van der Waals surface area (Å²) in [6.07, 6.45) is 1.50. The smallest absolute Gasteiger partial charge is 0.260 e. The van der Waals surface area contributed by atoms with Gasteiger partial charge < -0.3 is 4.57 Å². The van der Waals surface area contributed by atoms with Crippen molar-refractivity contribution in [3.8, 4) is 0 Å². The molecular formula is C22H16ClN3O2. The Hall–Kier alpha value is -3.44. The van der Waals surface area contributed by atoms with Crippen LogP contribution < -0.4 is 10.9 Å². The van der Waals surface area contributed by atoms with Gasteiger partial charge in [-0.05, 0) is 30.3 Å². The summed E-state index contributed by atoms with van der Waals surface area (Å²) in [5, 5.41) is 5.70. The van der Waals surface area contributed by atoms with E-state index in [-0.39, 0.29) is 17.9 Å². The van der Waals surface area contributed by atoms with Crippen LogP contribution in [0.4, 0.5) is 0 Å². The zero-order chi connectivity index (χ0) is 19.5. The second-order valence-corrected chi connectivity index (χ2v) is 6.67. The summed E-state index contributed by atoms with van der Waals surface area (Å²) in [7, 11) is 0. The molecule has 0 aliphatic heterocycles. The molecule has 1 aromatic heterocycles. The minimum absolute atomic E-state index is 0.0289. The topological polar surface area (TPSA) is 63.5 Å². The molecule has 0 fully saturated rings. The Morgan fingerprint density at radius 3 is 2.14 bits per heavy atom. The van der Waals surface area contributed by atoms with Gasteiger partial charge in [-0.2, -0.15) is 5.10 Å². The van der Waals surface area contributed by atoms with E-state index in [1.807, 2.05) is 53.1 Å². The van der Waals surface area contributed by atoms with E-state index < -0.39 is 0 Å². The zero-order valence-electron chi connectivity index (χ0n) is 14.8. The summed E-state index contributed by atoms with van der Waals surface area (Å²) < 4.78 is 1.83. The minimum atomic E-state index is -0.303. The average molecular weight is 390 g/mol. The third-order valence-electron chi connectivity index (χ3n) is 4.48. The van der Waals surface area contributed by atoms with Gasteiger partial charge in [0.2, 0.25) is 0 Å². The number of carbonyl (C=O) groups excluding carboxylic acids is 1. The van der Waals surface area contributed by atoms with Crippen LogP contribution in [0.3, 0.4) is 0 Å². The molecule has 0 spiro atoms. The predicted molar refractivity (Wildman–Crippen MR) is 113 cm³/mol. The molecule has 0 bridgehead atoms. The number of nitrogens with one attached hydrogen (secondary N) is 1. The van der Waals surface area contributed by atoms with Crippen molar-refractivity contribution < 1.29 is 4.79 Å². The van der Waals surface area contributed by atoms with Gasteiger partial charge in [-0.25, -0.2) is 5.43 Å². The van der Waals surface area contributed by atoms with Crippen LogP contribution in [0.1, 0.15) is 5.56 Å². The second-order valence-electron chi connectivity index (χ2n) is 6.26. The molecule has 5 nitrogen and oxygen atoms in total. The number of hydrogen-bond donors (Lipinski definition) is 1. The number of pyridine rings is 1. The van der Waals surface area contributed by atoms with Crippen LogP contribution >= 0.6 is 11.6 Å². The van der Waals surface area contributed by atoms with E-state index in [0.29, 0.717) is 32.4 Å². The van der Waals surface area contributed by atoms with Crippen LogP contribution in [0.25, 0.3) is 21.8 Å². The van der Waals surface area contributed by atoms with E-state index in [9.17, 15) is 9.59 Å². The van der Waals surface area contributed by atoms with Crippen molar-refractivity contribution in [3.05, 3.63) is 93.6 Å². The van der Waals surface area contributed by atoms with Crippen molar-refractivity contribution in [2.45, 2.75) is 6.54 Å². The number of halogens is 1. The molecule has 0 saturated heterocycles. The number of rotatable bonds is 4. The van der Waals surface area contributed by atoms with E-state index in [0.717, 1.165) is 0 Å². The second kappa shape index (κ2) is 7.66. The lowest BCUT2D eigenvalue weighted by molar-refractivity contribution is -0.121. The fourth-order valence-corrected chi connectivity index (χ4v) is 3.36.